The fraction of sp³-hybridized carbons (Fsp3) is 0.647. The highest BCUT2D eigenvalue weighted by atomic mass is 16.5. The molecule has 0 bridgehead atoms. The molecule has 3 rings (SSSR count). The molecule has 4 heteroatoms. The third-order valence-corrected chi connectivity index (χ3v) is 5.30. The van der Waals surface area contributed by atoms with Gasteiger partial charge in [-0.15, -0.1) is 0 Å². The van der Waals surface area contributed by atoms with E-state index in [9.17, 15) is 5.11 Å². The minimum absolute atomic E-state index is 0.0756. The summed E-state index contributed by atoms with van der Waals surface area (Å²) in [6, 6.07) is 8.67. The molecule has 0 radical (unpaired) electrons. The number of aliphatic hydroxyl groups excluding tert-OH is 1. The van der Waals surface area contributed by atoms with Crippen molar-refractivity contribution in [2.75, 3.05) is 40.4 Å². The van der Waals surface area contributed by atoms with Crippen LogP contribution < -0.4 is 5.32 Å². The molecule has 116 valence electrons. The minimum Gasteiger partial charge on any atom is -0.390 e. The van der Waals surface area contributed by atoms with E-state index >= 15 is 0 Å². The first-order valence-corrected chi connectivity index (χ1v) is 7.88. The van der Waals surface area contributed by atoms with Crippen molar-refractivity contribution < 1.29 is 9.84 Å². The van der Waals surface area contributed by atoms with Gasteiger partial charge < -0.3 is 15.2 Å². The molecular formula is C17H26N2O2. The monoisotopic (exact) mass is 290 g/mol. The number of piperidine rings is 1. The van der Waals surface area contributed by atoms with Gasteiger partial charge >= 0.3 is 0 Å². The summed E-state index contributed by atoms with van der Waals surface area (Å²) in [5.74, 6) is 0. The molecule has 1 aliphatic heterocycles. The number of aliphatic hydroxyl groups is 1. The molecule has 2 N–H and O–H groups in total. The van der Waals surface area contributed by atoms with Gasteiger partial charge in [0.25, 0.3) is 0 Å². The maximum atomic E-state index is 11.1. The second-order valence-electron chi connectivity index (χ2n) is 6.36. The van der Waals surface area contributed by atoms with Gasteiger partial charge in [-0.1, -0.05) is 24.3 Å². The van der Waals surface area contributed by atoms with E-state index in [1.807, 2.05) is 0 Å². The van der Waals surface area contributed by atoms with Crippen LogP contribution in [0.1, 0.15) is 30.0 Å². The van der Waals surface area contributed by atoms with E-state index < -0.39 is 0 Å². The highest BCUT2D eigenvalue weighted by Crippen LogP contribution is 2.51. The van der Waals surface area contributed by atoms with Crippen LogP contribution in [0, 0.1) is 0 Å². The molecule has 1 aromatic rings. The van der Waals surface area contributed by atoms with E-state index in [1.54, 1.807) is 7.11 Å². The molecule has 0 unspecified atom stereocenters. The first-order valence-electron chi connectivity index (χ1n) is 7.88. The predicted octanol–water partition coefficient (Wildman–Crippen LogP) is 1.30. The summed E-state index contributed by atoms with van der Waals surface area (Å²) in [7, 11) is 3.81. The summed E-state index contributed by atoms with van der Waals surface area (Å²) >= 11 is 0. The number of nitrogens with one attached hydrogen (secondary N) is 1. The van der Waals surface area contributed by atoms with Gasteiger partial charge in [-0.3, -0.25) is 4.90 Å². The van der Waals surface area contributed by atoms with Crippen molar-refractivity contribution in [1.29, 1.82) is 0 Å². The first kappa shape index (κ1) is 15.0. The van der Waals surface area contributed by atoms with Crippen molar-refractivity contribution in [3.63, 3.8) is 0 Å². The van der Waals surface area contributed by atoms with Gasteiger partial charge in [0.1, 0.15) is 0 Å². The Hall–Kier alpha value is -0.940. The van der Waals surface area contributed by atoms with Crippen LogP contribution in [-0.2, 0) is 10.2 Å². The highest BCUT2D eigenvalue weighted by Gasteiger charge is 2.52. The van der Waals surface area contributed by atoms with Crippen LogP contribution in [0.25, 0.3) is 0 Å². The Morgan fingerprint density at radius 2 is 2.05 bits per heavy atom. The number of likely N-dealkylation sites (N-methyl/N-ethyl adjacent to an activating group) is 1. The predicted molar refractivity (Wildman–Crippen MR) is 83.5 cm³/mol. The molecule has 1 heterocycles. The summed E-state index contributed by atoms with van der Waals surface area (Å²) in [6.07, 6.45) is 1.69. The van der Waals surface area contributed by atoms with E-state index in [-0.39, 0.29) is 17.6 Å². The van der Waals surface area contributed by atoms with Gasteiger partial charge in [0.2, 0.25) is 0 Å². The van der Waals surface area contributed by atoms with Gasteiger partial charge in [0, 0.05) is 19.1 Å². The lowest BCUT2D eigenvalue weighted by molar-refractivity contribution is 0.000499. The van der Waals surface area contributed by atoms with E-state index in [1.165, 1.54) is 11.1 Å². The SMILES string of the molecule is COCCN(C)[C@@H]1c2ccccc2C2(CCNCC2)[C@H]1O. The molecule has 1 aromatic carbocycles. The molecule has 2 aliphatic rings. The van der Waals surface area contributed by atoms with E-state index in [0.717, 1.165) is 32.5 Å². The quantitative estimate of drug-likeness (QED) is 0.877. The topological polar surface area (TPSA) is 44.7 Å². The van der Waals surface area contributed by atoms with E-state index in [4.69, 9.17) is 4.74 Å². The van der Waals surface area contributed by atoms with Crippen molar-refractivity contribution in [1.82, 2.24) is 10.2 Å². The smallest absolute Gasteiger partial charge is 0.0834 e. The average Bonchev–Trinajstić information content (AvgIpc) is 2.76. The van der Waals surface area contributed by atoms with Crippen LogP contribution in [0.4, 0.5) is 0 Å². The van der Waals surface area contributed by atoms with Crippen molar-refractivity contribution >= 4 is 0 Å². The Balaban J connectivity index is 1.96. The molecule has 0 amide bonds. The standard InChI is InChI=1S/C17H26N2O2/c1-19(11-12-21-2)15-13-5-3-4-6-14(13)17(16(15)20)7-9-18-10-8-17/h3-6,15-16,18,20H,7-12H2,1-2H3/t15-,16+/m1/s1. The number of ether oxygens (including phenoxy) is 1. The first-order chi connectivity index (χ1) is 10.2. The Morgan fingerprint density at radius 3 is 2.76 bits per heavy atom. The molecule has 21 heavy (non-hydrogen) atoms. The second kappa shape index (κ2) is 6.05. The summed E-state index contributed by atoms with van der Waals surface area (Å²) in [5, 5.41) is 14.6. The van der Waals surface area contributed by atoms with E-state index in [0.29, 0.717) is 6.61 Å². The van der Waals surface area contributed by atoms with Crippen LogP contribution in [-0.4, -0.2) is 56.5 Å². The van der Waals surface area contributed by atoms with Gasteiger partial charge in [-0.25, -0.2) is 0 Å². The molecule has 4 nitrogen and oxygen atoms in total. The number of nitrogens with zero attached hydrogens (tertiary/aromatic N) is 1. The van der Waals surface area contributed by atoms with Gasteiger partial charge in [0.05, 0.1) is 18.8 Å². The lowest BCUT2D eigenvalue weighted by atomic mass is 9.72. The summed E-state index contributed by atoms with van der Waals surface area (Å²) in [4.78, 5) is 2.24. The van der Waals surface area contributed by atoms with E-state index in [2.05, 4.69) is 41.5 Å². The Bertz CT molecular complexity index is 485. The van der Waals surface area contributed by atoms with Gasteiger partial charge in [-0.05, 0) is 44.1 Å². The molecule has 1 spiro atoms. The van der Waals surface area contributed by atoms with Crippen LogP contribution in [0.2, 0.25) is 0 Å². The van der Waals surface area contributed by atoms with Crippen LogP contribution >= 0.6 is 0 Å². The molecule has 0 aromatic heterocycles. The zero-order valence-electron chi connectivity index (χ0n) is 13.0. The van der Waals surface area contributed by atoms with Crippen molar-refractivity contribution in [2.45, 2.75) is 30.4 Å². The zero-order valence-corrected chi connectivity index (χ0v) is 13.0. The fourth-order valence-electron chi connectivity index (χ4n) is 4.13. The maximum Gasteiger partial charge on any atom is 0.0834 e. The van der Waals surface area contributed by atoms with Crippen molar-refractivity contribution in [3.05, 3.63) is 35.4 Å². The highest BCUT2D eigenvalue weighted by molar-refractivity contribution is 5.45. The average molecular weight is 290 g/mol. The number of fused-ring (bicyclic) bond motifs is 2. The molecular weight excluding hydrogens is 264 g/mol. The molecule has 1 saturated heterocycles. The maximum absolute atomic E-state index is 11.1. The molecule has 1 fully saturated rings. The van der Waals surface area contributed by atoms with Crippen LogP contribution in [0.3, 0.4) is 0 Å². The van der Waals surface area contributed by atoms with Crippen molar-refractivity contribution in [2.24, 2.45) is 0 Å². The lowest BCUT2D eigenvalue weighted by Gasteiger charge is -2.40. The fourth-order valence-corrected chi connectivity index (χ4v) is 4.13. The Morgan fingerprint density at radius 1 is 1.33 bits per heavy atom. The third kappa shape index (κ3) is 2.40. The summed E-state index contributed by atoms with van der Waals surface area (Å²) in [6.45, 7) is 3.50. The van der Waals surface area contributed by atoms with Gasteiger partial charge in [0.15, 0.2) is 0 Å². The third-order valence-electron chi connectivity index (χ3n) is 5.30. The van der Waals surface area contributed by atoms with Gasteiger partial charge in [-0.2, -0.15) is 0 Å². The number of benzene rings is 1. The molecule has 0 saturated carbocycles. The summed E-state index contributed by atoms with van der Waals surface area (Å²) in [5.41, 5.74) is 2.58. The number of rotatable bonds is 4. The minimum atomic E-state index is -0.334. The lowest BCUT2D eigenvalue weighted by Crippen LogP contribution is -2.48. The Labute approximate surface area is 127 Å². The summed E-state index contributed by atoms with van der Waals surface area (Å²) < 4.78 is 5.20. The number of hydrogen-bond donors (Lipinski definition) is 2. The van der Waals surface area contributed by atoms with Crippen LogP contribution in [0.5, 0.6) is 0 Å². The molecule has 2 atom stereocenters. The van der Waals surface area contributed by atoms with Crippen molar-refractivity contribution in [3.8, 4) is 0 Å². The number of hydrogen-bond acceptors (Lipinski definition) is 4. The Kier molecular flexibility index (Phi) is 4.31. The second-order valence-corrected chi connectivity index (χ2v) is 6.36. The van der Waals surface area contributed by atoms with Crippen LogP contribution in [0.15, 0.2) is 24.3 Å². The number of methoxy groups -OCH3 is 1. The largest absolute Gasteiger partial charge is 0.390 e. The zero-order chi connectivity index (χ0) is 14.9. The molecule has 1 aliphatic carbocycles. The normalized spacial score (nSPS) is 27.2.